The van der Waals surface area contributed by atoms with Crippen LogP contribution in [0.1, 0.15) is 12.5 Å². The molecule has 0 aliphatic carbocycles. The molecule has 1 rings (SSSR count). The van der Waals surface area contributed by atoms with Crippen molar-refractivity contribution in [2.24, 2.45) is 0 Å². The number of amides is 2. The summed E-state index contributed by atoms with van der Waals surface area (Å²) in [5.41, 5.74) is 1.49. The Morgan fingerprint density at radius 1 is 1.50 bits per heavy atom. The van der Waals surface area contributed by atoms with Gasteiger partial charge in [0.2, 0.25) is 0 Å². The molecule has 0 unspecified atom stereocenters. The number of hydrogen-bond donors (Lipinski definition) is 2. The van der Waals surface area contributed by atoms with E-state index in [4.69, 9.17) is 16.3 Å². The Labute approximate surface area is 99.9 Å². The SMILES string of the molecule is CCNC(=O)Nc1cc(C)c(Cl)cc1OC. The Kier molecular flexibility index (Phi) is 4.43. The molecule has 0 radical (unpaired) electrons. The molecule has 0 aliphatic rings. The van der Waals surface area contributed by atoms with Crippen molar-refractivity contribution in [3.63, 3.8) is 0 Å². The van der Waals surface area contributed by atoms with Crippen molar-refractivity contribution < 1.29 is 9.53 Å². The number of rotatable bonds is 3. The van der Waals surface area contributed by atoms with Crippen LogP contribution in [-0.4, -0.2) is 19.7 Å². The number of methoxy groups -OCH3 is 1. The second kappa shape index (κ2) is 5.61. The Morgan fingerprint density at radius 2 is 2.19 bits per heavy atom. The summed E-state index contributed by atoms with van der Waals surface area (Å²) in [6.07, 6.45) is 0. The molecule has 0 saturated carbocycles. The number of nitrogens with one attached hydrogen (secondary N) is 2. The molecule has 2 amide bonds. The van der Waals surface area contributed by atoms with Crippen LogP contribution in [0.4, 0.5) is 10.5 Å². The minimum atomic E-state index is -0.262. The Balaban J connectivity index is 2.94. The van der Waals surface area contributed by atoms with E-state index in [1.165, 1.54) is 7.11 Å². The van der Waals surface area contributed by atoms with Crippen LogP contribution in [0.25, 0.3) is 0 Å². The van der Waals surface area contributed by atoms with Gasteiger partial charge in [-0.3, -0.25) is 0 Å². The first-order valence-corrected chi connectivity index (χ1v) is 5.35. The third kappa shape index (κ3) is 3.03. The van der Waals surface area contributed by atoms with Gasteiger partial charge in [-0.05, 0) is 25.5 Å². The molecule has 88 valence electrons. The van der Waals surface area contributed by atoms with E-state index in [1.807, 2.05) is 13.8 Å². The lowest BCUT2D eigenvalue weighted by atomic mass is 10.2. The summed E-state index contributed by atoms with van der Waals surface area (Å²) in [7, 11) is 1.53. The largest absolute Gasteiger partial charge is 0.495 e. The van der Waals surface area contributed by atoms with Gasteiger partial charge in [0, 0.05) is 17.6 Å². The Morgan fingerprint density at radius 3 is 2.75 bits per heavy atom. The maximum atomic E-state index is 11.4. The number of hydrogen-bond acceptors (Lipinski definition) is 2. The van der Waals surface area contributed by atoms with Crippen LogP contribution < -0.4 is 15.4 Å². The van der Waals surface area contributed by atoms with Gasteiger partial charge in [0.15, 0.2) is 0 Å². The number of urea groups is 1. The first-order valence-electron chi connectivity index (χ1n) is 4.97. The lowest BCUT2D eigenvalue weighted by molar-refractivity contribution is 0.252. The maximum absolute atomic E-state index is 11.4. The third-order valence-corrected chi connectivity index (χ3v) is 2.47. The molecule has 0 bridgehead atoms. The maximum Gasteiger partial charge on any atom is 0.319 e. The highest BCUT2D eigenvalue weighted by Crippen LogP contribution is 2.30. The monoisotopic (exact) mass is 242 g/mol. The fourth-order valence-corrected chi connectivity index (χ4v) is 1.41. The van der Waals surface area contributed by atoms with Gasteiger partial charge in [0.25, 0.3) is 0 Å². The second-order valence-corrected chi connectivity index (χ2v) is 3.69. The minimum Gasteiger partial charge on any atom is -0.495 e. The molecule has 0 saturated heterocycles. The summed E-state index contributed by atoms with van der Waals surface area (Å²) >= 11 is 5.95. The Bertz CT molecular complexity index is 394. The van der Waals surface area contributed by atoms with E-state index in [0.29, 0.717) is 23.0 Å². The average Bonchev–Trinajstić information content (AvgIpc) is 2.23. The number of aryl methyl sites for hydroxylation is 1. The number of carbonyl (C=O) groups excluding carboxylic acids is 1. The molecule has 1 aromatic rings. The van der Waals surface area contributed by atoms with E-state index in [0.717, 1.165) is 5.56 Å². The quantitative estimate of drug-likeness (QED) is 0.856. The molecule has 0 atom stereocenters. The summed E-state index contributed by atoms with van der Waals surface area (Å²) in [4.78, 5) is 11.4. The van der Waals surface area contributed by atoms with E-state index in [2.05, 4.69) is 10.6 Å². The van der Waals surface area contributed by atoms with Gasteiger partial charge in [-0.2, -0.15) is 0 Å². The van der Waals surface area contributed by atoms with E-state index >= 15 is 0 Å². The minimum absolute atomic E-state index is 0.262. The third-order valence-electron chi connectivity index (χ3n) is 2.07. The fraction of sp³-hybridized carbons (Fsp3) is 0.364. The lowest BCUT2D eigenvalue weighted by Crippen LogP contribution is -2.28. The molecule has 5 heteroatoms. The predicted molar refractivity (Wildman–Crippen MR) is 65.4 cm³/mol. The van der Waals surface area contributed by atoms with Gasteiger partial charge in [-0.15, -0.1) is 0 Å². The van der Waals surface area contributed by atoms with Crippen molar-refractivity contribution in [1.29, 1.82) is 0 Å². The summed E-state index contributed by atoms with van der Waals surface area (Å²) in [5, 5.41) is 5.95. The topological polar surface area (TPSA) is 50.4 Å². The van der Waals surface area contributed by atoms with Crippen LogP contribution >= 0.6 is 11.6 Å². The zero-order valence-corrected chi connectivity index (χ0v) is 10.3. The van der Waals surface area contributed by atoms with Gasteiger partial charge in [-0.25, -0.2) is 4.79 Å². The second-order valence-electron chi connectivity index (χ2n) is 3.29. The molecule has 2 N–H and O–H groups in total. The van der Waals surface area contributed by atoms with Gasteiger partial charge < -0.3 is 15.4 Å². The lowest BCUT2D eigenvalue weighted by Gasteiger charge is -2.12. The predicted octanol–water partition coefficient (Wildman–Crippen LogP) is 2.80. The highest BCUT2D eigenvalue weighted by atomic mass is 35.5. The van der Waals surface area contributed by atoms with Crippen molar-refractivity contribution in [2.75, 3.05) is 19.0 Å². The molecule has 0 aromatic heterocycles. The van der Waals surface area contributed by atoms with E-state index in [-0.39, 0.29) is 6.03 Å². The number of halogens is 1. The Hall–Kier alpha value is -1.42. The standard InChI is InChI=1S/C11H15ClN2O2/c1-4-13-11(15)14-9-5-7(2)8(12)6-10(9)16-3/h5-6H,4H2,1-3H3,(H2,13,14,15). The summed E-state index contributed by atoms with van der Waals surface area (Å²) in [6.45, 7) is 4.29. The zero-order chi connectivity index (χ0) is 12.1. The van der Waals surface area contributed by atoms with Gasteiger partial charge in [0.1, 0.15) is 5.75 Å². The van der Waals surface area contributed by atoms with Gasteiger partial charge in [0.05, 0.1) is 12.8 Å². The van der Waals surface area contributed by atoms with Crippen LogP contribution in [0, 0.1) is 6.92 Å². The van der Waals surface area contributed by atoms with E-state index in [1.54, 1.807) is 12.1 Å². The molecule has 0 fully saturated rings. The zero-order valence-electron chi connectivity index (χ0n) is 9.56. The number of ether oxygens (including phenoxy) is 1. The smallest absolute Gasteiger partial charge is 0.319 e. The highest BCUT2D eigenvalue weighted by Gasteiger charge is 2.09. The van der Waals surface area contributed by atoms with Crippen molar-refractivity contribution in [2.45, 2.75) is 13.8 Å². The molecular formula is C11H15ClN2O2. The molecule has 0 aliphatic heterocycles. The number of benzene rings is 1. The van der Waals surface area contributed by atoms with Crippen molar-refractivity contribution >= 4 is 23.3 Å². The van der Waals surface area contributed by atoms with E-state index in [9.17, 15) is 4.79 Å². The summed E-state index contributed by atoms with van der Waals surface area (Å²) < 4.78 is 5.13. The van der Waals surface area contributed by atoms with Crippen molar-refractivity contribution in [1.82, 2.24) is 5.32 Å². The molecule has 0 spiro atoms. The van der Waals surface area contributed by atoms with Crippen molar-refractivity contribution in [3.8, 4) is 5.75 Å². The molecule has 1 aromatic carbocycles. The van der Waals surface area contributed by atoms with Crippen LogP contribution in [0.3, 0.4) is 0 Å². The van der Waals surface area contributed by atoms with Crippen LogP contribution in [-0.2, 0) is 0 Å². The molecule has 16 heavy (non-hydrogen) atoms. The van der Waals surface area contributed by atoms with Crippen LogP contribution in [0.15, 0.2) is 12.1 Å². The van der Waals surface area contributed by atoms with E-state index < -0.39 is 0 Å². The normalized spacial score (nSPS) is 9.75. The molecular weight excluding hydrogens is 228 g/mol. The molecule has 4 nitrogen and oxygen atoms in total. The van der Waals surface area contributed by atoms with Gasteiger partial charge >= 0.3 is 6.03 Å². The number of anilines is 1. The van der Waals surface area contributed by atoms with Crippen molar-refractivity contribution in [3.05, 3.63) is 22.7 Å². The summed E-state index contributed by atoms with van der Waals surface area (Å²) in [6, 6.07) is 3.19. The first-order chi connectivity index (χ1) is 7.58. The van der Waals surface area contributed by atoms with Gasteiger partial charge in [-0.1, -0.05) is 11.6 Å². The van der Waals surface area contributed by atoms with Crippen LogP contribution in [0.2, 0.25) is 5.02 Å². The number of carbonyl (C=O) groups is 1. The molecule has 0 heterocycles. The fourth-order valence-electron chi connectivity index (χ4n) is 1.26. The van der Waals surface area contributed by atoms with Crippen LogP contribution in [0.5, 0.6) is 5.75 Å². The summed E-state index contributed by atoms with van der Waals surface area (Å²) in [5.74, 6) is 0.543. The average molecular weight is 243 g/mol. The first kappa shape index (κ1) is 12.6. The highest BCUT2D eigenvalue weighted by molar-refractivity contribution is 6.31.